The fraction of sp³-hybridized carbons (Fsp3) is 0.545. The van der Waals surface area contributed by atoms with Crippen LogP contribution in [0.2, 0.25) is 0 Å². The van der Waals surface area contributed by atoms with Gasteiger partial charge in [0.15, 0.2) is 6.61 Å². The van der Waals surface area contributed by atoms with E-state index in [9.17, 15) is 0 Å². The highest BCUT2D eigenvalue weighted by atomic mass is 17.2. The first-order chi connectivity index (χ1) is 6.52. The van der Waals surface area contributed by atoms with Crippen molar-refractivity contribution < 1.29 is 13.2 Å². The third kappa shape index (κ3) is 1.54. The molecule has 0 N–H and O–H groups in total. The maximum Gasteiger partial charge on any atom is 0.492 e. The van der Waals surface area contributed by atoms with Crippen LogP contribution < -0.4 is 0 Å². The van der Waals surface area contributed by atoms with Crippen LogP contribution in [-0.2, 0) is 12.0 Å². The highest BCUT2D eigenvalue weighted by Crippen LogP contribution is 2.36. The van der Waals surface area contributed by atoms with Crippen LogP contribution in [0.25, 0.3) is 11.7 Å². The molecule has 0 radical (unpaired) electrons. The fourth-order valence-corrected chi connectivity index (χ4v) is 1.27. The second-order valence-electron chi connectivity index (χ2n) is 4.42. The van der Waals surface area contributed by atoms with E-state index in [0.29, 0.717) is 0 Å². The molecule has 3 heteroatoms. The van der Waals surface area contributed by atoms with Crippen molar-refractivity contribution in [2.75, 3.05) is 0 Å². The fourth-order valence-electron chi connectivity index (χ4n) is 1.27. The smallest absolute Gasteiger partial charge is 0.347 e. The topological polar surface area (TPSA) is 27.1 Å². The number of hydrogen-bond acceptors (Lipinski definition) is 1. The van der Waals surface area contributed by atoms with Crippen molar-refractivity contribution in [2.45, 2.75) is 39.7 Å². The molecule has 0 aromatic carbocycles. The van der Waals surface area contributed by atoms with Gasteiger partial charge in [0.2, 0.25) is 5.76 Å². The lowest BCUT2D eigenvalue weighted by Gasteiger charge is -2.10. The summed E-state index contributed by atoms with van der Waals surface area (Å²) >= 11 is 0. The molecule has 0 amide bonds. The molecular weight excluding hydrogens is 180 g/mol. The highest BCUT2D eigenvalue weighted by molar-refractivity contribution is 5.44. The van der Waals surface area contributed by atoms with Gasteiger partial charge in [0.05, 0.1) is 0 Å². The van der Waals surface area contributed by atoms with Gasteiger partial charge < -0.3 is 8.62 Å². The number of hydrogen-bond donors (Lipinski definition) is 0. The molecule has 0 atom stereocenters. The van der Waals surface area contributed by atoms with Crippen LogP contribution in [-0.4, -0.2) is 0 Å². The van der Waals surface area contributed by atoms with E-state index < -0.39 is 0 Å². The molecule has 2 heterocycles. The molecule has 3 nitrogen and oxygen atoms in total. The van der Waals surface area contributed by atoms with Crippen molar-refractivity contribution >= 4 is 0 Å². The third-order valence-corrected chi connectivity index (χ3v) is 2.17. The molecule has 2 rings (SSSR count). The number of furan rings is 1. The second-order valence-corrected chi connectivity index (χ2v) is 4.42. The van der Waals surface area contributed by atoms with Crippen molar-refractivity contribution in [1.29, 1.82) is 0 Å². The summed E-state index contributed by atoms with van der Waals surface area (Å²) < 4.78 is 13.4. The zero-order valence-corrected chi connectivity index (χ0v) is 9.09. The van der Waals surface area contributed by atoms with Gasteiger partial charge in [-0.25, -0.2) is 0 Å². The van der Waals surface area contributed by atoms with Crippen LogP contribution in [0, 0.1) is 0 Å². The van der Waals surface area contributed by atoms with Gasteiger partial charge in [-0.15, -0.1) is 10.6 Å². The Labute approximate surface area is 83.3 Å². The molecule has 0 spiro atoms. The van der Waals surface area contributed by atoms with Gasteiger partial charge in [-0.3, -0.25) is 0 Å². The van der Waals surface area contributed by atoms with Crippen molar-refractivity contribution in [2.24, 2.45) is 0 Å². The zero-order chi connectivity index (χ0) is 10.3. The molecule has 78 valence electrons. The molecule has 14 heavy (non-hydrogen) atoms. The summed E-state index contributed by atoms with van der Waals surface area (Å²) in [5.41, 5.74) is 0.0510. The Morgan fingerprint density at radius 2 is 2.21 bits per heavy atom. The van der Waals surface area contributed by atoms with Crippen molar-refractivity contribution in [3.63, 3.8) is 0 Å². The van der Waals surface area contributed by atoms with Crippen LogP contribution in [0.15, 0.2) is 25.3 Å². The van der Waals surface area contributed by atoms with E-state index in [1.54, 1.807) is 0 Å². The van der Waals surface area contributed by atoms with E-state index >= 15 is 0 Å². The summed E-state index contributed by atoms with van der Waals surface area (Å²) in [5.74, 6) is 2.54. The normalized spacial score (nSPS) is 12.6. The first kappa shape index (κ1) is 9.31. The summed E-state index contributed by atoms with van der Waals surface area (Å²) in [6.45, 7) is 9.16. The lowest BCUT2D eigenvalue weighted by molar-refractivity contribution is -0.0164. The standard InChI is InChI=1S/C11H16O3/c1-5-14-10(13-14)8-6-7-9(12-8)11(2,3)4/h6-7H,5H2,1-4H3. The van der Waals surface area contributed by atoms with Gasteiger partial charge in [0.1, 0.15) is 0 Å². The summed E-state index contributed by atoms with van der Waals surface area (Å²) in [6, 6.07) is 3.94. The Bertz CT molecular complexity index is 403. The van der Waals surface area contributed by atoms with Crippen LogP contribution in [0.3, 0.4) is 0 Å². The van der Waals surface area contributed by atoms with Crippen LogP contribution in [0.5, 0.6) is 0 Å². The van der Waals surface area contributed by atoms with Gasteiger partial charge in [-0.1, -0.05) is 26.8 Å². The van der Waals surface area contributed by atoms with E-state index in [2.05, 4.69) is 25.0 Å². The summed E-state index contributed by atoms with van der Waals surface area (Å²) in [4.78, 5) is 0. The predicted molar refractivity (Wildman–Crippen MR) is 53.2 cm³/mol. The summed E-state index contributed by atoms with van der Waals surface area (Å²) in [6.07, 6.45) is 0. The molecule has 2 aromatic rings. The third-order valence-electron chi connectivity index (χ3n) is 2.17. The summed E-state index contributed by atoms with van der Waals surface area (Å²) in [7, 11) is 0. The average molecular weight is 196 g/mol. The molecule has 0 bridgehead atoms. The second kappa shape index (κ2) is 2.87. The minimum atomic E-state index is 0.0510. The average Bonchev–Trinajstić information content (AvgIpc) is 2.71. The predicted octanol–water partition coefficient (Wildman–Crippen LogP) is 3.86. The molecular formula is C11H16O3. The molecule has 0 unspecified atom stereocenters. The SMILES string of the molecule is CC[o+]1o[c-]1-c1cc[c-](C(C)(C)C)[o+]1. The first-order valence-electron chi connectivity index (χ1n) is 4.89. The van der Waals surface area contributed by atoms with Crippen molar-refractivity contribution in [1.82, 2.24) is 0 Å². The van der Waals surface area contributed by atoms with E-state index in [1.165, 1.54) is 0 Å². The maximum atomic E-state index is 5.68. The monoisotopic (exact) mass is 196 g/mol. The Morgan fingerprint density at radius 3 is 2.64 bits per heavy atom. The first-order valence-corrected chi connectivity index (χ1v) is 4.89. The minimum absolute atomic E-state index is 0.0510. The maximum absolute atomic E-state index is 5.68. The Kier molecular flexibility index (Phi) is 1.91. The number of rotatable bonds is 2. The van der Waals surface area contributed by atoms with Crippen LogP contribution >= 0.6 is 0 Å². The van der Waals surface area contributed by atoms with Crippen molar-refractivity contribution in [3.05, 3.63) is 17.9 Å². The van der Waals surface area contributed by atoms with Gasteiger partial charge in [0, 0.05) is 5.41 Å². The molecule has 0 fully saturated rings. The Morgan fingerprint density at radius 1 is 1.50 bits per heavy atom. The Hall–Kier alpha value is -1.25. The lowest BCUT2D eigenvalue weighted by atomic mass is 9.94. The largest absolute Gasteiger partial charge is 0.492 e. The minimum Gasteiger partial charge on any atom is -0.347 e. The van der Waals surface area contributed by atoms with Gasteiger partial charge in [-0.2, -0.15) is 0 Å². The quantitative estimate of drug-likeness (QED) is 0.414. The Balaban J connectivity index is 2.23. The van der Waals surface area contributed by atoms with Crippen molar-refractivity contribution in [3.8, 4) is 11.7 Å². The van der Waals surface area contributed by atoms with E-state index in [1.807, 2.05) is 19.1 Å². The number of aryl methyl sites for hydroxylation is 1. The van der Waals surface area contributed by atoms with Gasteiger partial charge in [-0.05, 0) is 6.92 Å². The highest BCUT2D eigenvalue weighted by Gasteiger charge is 2.30. The lowest BCUT2D eigenvalue weighted by Crippen LogP contribution is -2.08. The zero-order valence-electron chi connectivity index (χ0n) is 9.09. The molecule has 0 aliphatic carbocycles. The molecule has 0 aliphatic heterocycles. The van der Waals surface area contributed by atoms with E-state index in [0.717, 1.165) is 24.1 Å². The molecule has 2 aromatic heterocycles. The molecule has 0 saturated heterocycles. The summed E-state index contributed by atoms with van der Waals surface area (Å²) in [5, 5.41) is 0. The van der Waals surface area contributed by atoms with E-state index in [-0.39, 0.29) is 5.41 Å². The van der Waals surface area contributed by atoms with Gasteiger partial charge in [0.25, 0.3) is 5.76 Å². The molecule has 0 saturated carbocycles. The van der Waals surface area contributed by atoms with Gasteiger partial charge >= 0.3 is 5.96 Å². The van der Waals surface area contributed by atoms with Crippen LogP contribution in [0.4, 0.5) is 0 Å². The van der Waals surface area contributed by atoms with E-state index in [4.69, 9.17) is 8.99 Å². The van der Waals surface area contributed by atoms with Crippen LogP contribution in [0.1, 0.15) is 33.5 Å². The molecule has 0 aliphatic rings.